The number of nitrogens with one attached hydrogen (secondary N) is 1. The largest absolute Gasteiger partial charge is 0.349 e. The lowest BCUT2D eigenvalue weighted by atomic mass is 10.3. The van der Waals surface area contributed by atoms with Crippen molar-refractivity contribution in [2.75, 3.05) is 20.6 Å². The van der Waals surface area contributed by atoms with Crippen molar-refractivity contribution in [1.82, 2.24) is 19.8 Å². The zero-order valence-electron chi connectivity index (χ0n) is 10.2. The highest BCUT2D eigenvalue weighted by Gasteiger charge is 2.06. The fraction of sp³-hybridized carbons (Fsp3) is 0.636. The van der Waals surface area contributed by atoms with Crippen LogP contribution in [0.25, 0.3) is 0 Å². The normalized spacial score (nSPS) is 10.4. The number of amides is 1. The number of rotatable bonds is 6. The van der Waals surface area contributed by atoms with Crippen molar-refractivity contribution in [1.29, 1.82) is 0 Å². The van der Waals surface area contributed by atoms with E-state index in [-0.39, 0.29) is 5.91 Å². The van der Waals surface area contributed by atoms with Gasteiger partial charge >= 0.3 is 0 Å². The predicted molar refractivity (Wildman–Crippen MR) is 62.9 cm³/mol. The number of imidazole rings is 1. The van der Waals surface area contributed by atoms with Crippen LogP contribution < -0.4 is 5.32 Å². The van der Waals surface area contributed by atoms with Gasteiger partial charge in [0.2, 0.25) is 5.91 Å². The van der Waals surface area contributed by atoms with Crippen molar-refractivity contribution >= 4 is 5.91 Å². The van der Waals surface area contributed by atoms with Crippen molar-refractivity contribution in [2.24, 2.45) is 0 Å². The van der Waals surface area contributed by atoms with Crippen molar-refractivity contribution in [3.63, 3.8) is 0 Å². The quantitative estimate of drug-likeness (QED) is 0.764. The van der Waals surface area contributed by atoms with Gasteiger partial charge in [-0.05, 0) is 6.54 Å². The highest BCUT2D eigenvalue weighted by atomic mass is 16.2. The summed E-state index contributed by atoms with van der Waals surface area (Å²) in [6.07, 6.45) is 4.13. The minimum absolute atomic E-state index is 0.142. The molecule has 5 nitrogen and oxygen atoms in total. The van der Waals surface area contributed by atoms with E-state index in [1.807, 2.05) is 10.8 Å². The molecule has 5 heteroatoms. The number of aryl methyl sites for hydroxylation is 1. The smallest absolute Gasteiger partial charge is 0.223 e. The van der Waals surface area contributed by atoms with E-state index in [0.29, 0.717) is 13.0 Å². The van der Waals surface area contributed by atoms with Gasteiger partial charge in [-0.1, -0.05) is 6.92 Å². The number of hydrogen-bond acceptors (Lipinski definition) is 3. The molecule has 90 valence electrons. The van der Waals surface area contributed by atoms with Gasteiger partial charge in [-0.3, -0.25) is 4.79 Å². The molecular formula is C11H20N4O. The summed E-state index contributed by atoms with van der Waals surface area (Å²) in [4.78, 5) is 17.1. The van der Waals surface area contributed by atoms with Gasteiger partial charge in [-0.25, -0.2) is 4.98 Å². The van der Waals surface area contributed by atoms with E-state index in [9.17, 15) is 4.79 Å². The van der Waals surface area contributed by atoms with E-state index < -0.39 is 0 Å². The Morgan fingerprint density at radius 2 is 2.31 bits per heavy atom. The number of carbonyl (C=O) groups excluding carboxylic acids is 1. The summed E-state index contributed by atoms with van der Waals surface area (Å²) >= 11 is 0. The minimum atomic E-state index is 0.142. The number of nitrogens with zero attached hydrogens (tertiary/aromatic N) is 3. The lowest BCUT2D eigenvalue weighted by molar-refractivity contribution is -0.128. The molecular weight excluding hydrogens is 204 g/mol. The van der Waals surface area contributed by atoms with Crippen LogP contribution in [0.15, 0.2) is 12.5 Å². The molecule has 1 aromatic heterocycles. The van der Waals surface area contributed by atoms with Crippen LogP contribution in [0, 0.1) is 0 Å². The Morgan fingerprint density at radius 1 is 1.56 bits per heavy atom. The third-order valence-corrected chi connectivity index (χ3v) is 2.42. The Bertz CT molecular complexity index is 332. The number of hydrogen-bond donors (Lipinski definition) is 1. The van der Waals surface area contributed by atoms with Crippen molar-refractivity contribution in [3.05, 3.63) is 18.2 Å². The summed E-state index contributed by atoms with van der Waals surface area (Å²) in [5.41, 5.74) is 1.12. The Hall–Kier alpha value is -1.36. The monoisotopic (exact) mass is 224 g/mol. The highest BCUT2D eigenvalue weighted by Crippen LogP contribution is 2.01. The van der Waals surface area contributed by atoms with Gasteiger partial charge in [-0.2, -0.15) is 0 Å². The van der Waals surface area contributed by atoms with Crippen molar-refractivity contribution < 1.29 is 4.79 Å². The average Bonchev–Trinajstić information content (AvgIpc) is 2.70. The molecule has 0 saturated carbocycles. The van der Waals surface area contributed by atoms with Gasteiger partial charge in [0.1, 0.15) is 0 Å². The topological polar surface area (TPSA) is 50.2 Å². The number of carbonyl (C=O) groups is 1. The van der Waals surface area contributed by atoms with E-state index >= 15 is 0 Å². The molecule has 0 aliphatic carbocycles. The summed E-state index contributed by atoms with van der Waals surface area (Å²) in [6, 6.07) is 0. The first kappa shape index (κ1) is 12.7. The van der Waals surface area contributed by atoms with Crippen molar-refractivity contribution in [3.8, 4) is 0 Å². The van der Waals surface area contributed by atoms with E-state index in [4.69, 9.17) is 0 Å². The highest BCUT2D eigenvalue weighted by molar-refractivity contribution is 5.75. The third kappa shape index (κ3) is 3.66. The summed E-state index contributed by atoms with van der Waals surface area (Å²) < 4.78 is 2.02. The molecule has 0 aliphatic heterocycles. The van der Waals surface area contributed by atoms with E-state index in [1.54, 1.807) is 25.3 Å². The first-order chi connectivity index (χ1) is 7.65. The Labute approximate surface area is 96.5 Å². The van der Waals surface area contributed by atoms with E-state index in [1.165, 1.54) is 0 Å². The molecule has 0 aromatic carbocycles. The Balaban J connectivity index is 2.47. The van der Waals surface area contributed by atoms with Crippen molar-refractivity contribution in [2.45, 2.75) is 26.4 Å². The van der Waals surface area contributed by atoms with E-state index in [2.05, 4.69) is 17.2 Å². The summed E-state index contributed by atoms with van der Waals surface area (Å²) in [7, 11) is 3.55. The molecule has 0 bridgehead atoms. The van der Waals surface area contributed by atoms with Crippen LogP contribution in [-0.4, -0.2) is 41.0 Å². The molecule has 0 radical (unpaired) electrons. The number of aromatic nitrogens is 2. The molecule has 0 aliphatic rings. The maximum Gasteiger partial charge on any atom is 0.223 e. The molecule has 1 heterocycles. The van der Waals surface area contributed by atoms with Gasteiger partial charge < -0.3 is 14.8 Å². The van der Waals surface area contributed by atoms with E-state index in [0.717, 1.165) is 18.8 Å². The molecule has 0 unspecified atom stereocenters. The van der Waals surface area contributed by atoms with Gasteiger partial charge in [0, 0.05) is 39.8 Å². The first-order valence-electron chi connectivity index (χ1n) is 5.55. The van der Waals surface area contributed by atoms with Crippen LogP contribution in [0.5, 0.6) is 0 Å². The minimum Gasteiger partial charge on any atom is -0.349 e. The molecule has 1 amide bonds. The van der Waals surface area contributed by atoms with Gasteiger partial charge in [0.25, 0.3) is 0 Å². The van der Waals surface area contributed by atoms with Crippen LogP contribution >= 0.6 is 0 Å². The molecule has 0 saturated heterocycles. The van der Waals surface area contributed by atoms with Crippen LogP contribution in [0.2, 0.25) is 0 Å². The lowest BCUT2D eigenvalue weighted by Gasteiger charge is -2.12. The van der Waals surface area contributed by atoms with Gasteiger partial charge in [0.05, 0.1) is 12.0 Å². The molecule has 0 atom stereocenters. The zero-order valence-corrected chi connectivity index (χ0v) is 10.2. The molecule has 16 heavy (non-hydrogen) atoms. The lowest BCUT2D eigenvalue weighted by Crippen LogP contribution is -2.23. The summed E-state index contributed by atoms with van der Waals surface area (Å²) in [5.74, 6) is 0.142. The maximum absolute atomic E-state index is 11.4. The van der Waals surface area contributed by atoms with Gasteiger partial charge in [0.15, 0.2) is 0 Å². The fourth-order valence-electron chi connectivity index (χ4n) is 1.39. The fourth-order valence-corrected chi connectivity index (χ4v) is 1.39. The van der Waals surface area contributed by atoms with Gasteiger partial charge in [-0.15, -0.1) is 0 Å². The predicted octanol–water partition coefficient (Wildman–Crippen LogP) is 0.471. The third-order valence-electron chi connectivity index (χ3n) is 2.42. The molecule has 1 N–H and O–H groups in total. The Kier molecular flexibility index (Phi) is 4.98. The SMILES string of the molecule is CCNCc1cncn1CCC(=O)N(C)C. The second-order valence-electron chi connectivity index (χ2n) is 3.90. The second kappa shape index (κ2) is 6.27. The second-order valence-corrected chi connectivity index (χ2v) is 3.90. The maximum atomic E-state index is 11.4. The standard InChI is InChI=1S/C11H20N4O/c1-4-12-7-10-8-13-9-15(10)6-5-11(16)14(2)3/h8-9,12H,4-7H2,1-3H3. The molecule has 0 fully saturated rings. The summed E-state index contributed by atoms with van der Waals surface area (Å²) in [5, 5.41) is 3.25. The van der Waals surface area contributed by atoms with Crippen LogP contribution in [-0.2, 0) is 17.9 Å². The summed E-state index contributed by atoms with van der Waals surface area (Å²) in [6.45, 7) is 4.49. The zero-order chi connectivity index (χ0) is 12.0. The van der Waals surface area contributed by atoms with Crippen LogP contribution in [0.4, 0.5) is 0 Å². The van der Waals surface area contributed by atoms with Crippen LogP contribution in [0.3, 0.4) is 0 Å². The average molecular weight is 224 g/mol. The Morgan fingerprint density at radius 3 is 2.94 bits per heavy atom. The van der Waals surface area contributed by atoms with Crippen LogP contribution in [0.1, 0.15) is 19.0 Å². The molecule has 1 aromatic rings. The molecule has 0 spiro atoms. The molecule has 1 rings (SSSR count). The first-order valence-corrected chi connectivity index (χ1v) is 5.55.